The standard InChI is InChI=1S/C55H37N3O2/c1-5-19-38(20-6-1)44-27-13-16-30-49(44)57(42-33-34-53-47(35-42)46-29-15-18-32-52(46)59-53)43-36-48-54(60-55(56-48)40-23-9-3-10-24-40)51(37-43)58(41-25-11-4-12-26-41)50-31-17-14-28-45(50)39-21-7-2-8-22-39/h1-37H. The van der Waals surface area contributed by atoms with Crippen molar-refractivity contribution in [3.05, 3.63) is 224 Å². The highest BCUT2D eigenvalue weighted by Gasteiger charge is 2.27. The highest BCUT2D eigenvalue weighted by Crippen LogP contribution is 2.49. The largest absolute Gasteiger partial charge is 0.456 e. The highest BCUT2D eigenvalue weighted by atomic mass is 16.3. The van der Waals surface area contributed by atoms with Gasteiger partial charge in [-0.15, -0.1) is 0 Å². The van der Waals surface area contributed by atoms with Crippen molar-refractivity contribution in [2.24, 2.45) is 0 Å². The summed E-state index contributed by atoms with van der Waals surface area (Å²) in [7, 11) is 0. The van der Waals surface area contributed by atoms with E-state index in [9.17, 15) is 0 Å². The van der Waals surface area contributed by atoms with Gasteiger partial charge in [-0.3, -0.25) is 0 Å². The van der Waals surface area contributed by atoms with Crippen molar-refractivity contribution in [1.82, 2.24) is 4.98 Å². The smallest absolute Gasteiger partial charge is 0.227 e. The molecule has 0 N–H and O–H groups in total. The van der Waals surface area contributed by atoms with Crippen LogP contribution in [0, 0.1) is 0 Å². The molecule has 0 unspecified atom stereocenters. The number of benzene rings is 9. The summed E-state index contributed by atoms with van der Waals surface area (Å²) < 4.78 is 13.2. The van der Waals surface area contributed by atoms with E-state index in [0.29, 0.717) is 11.5 Å². The van der Waals surface area contributed by atoms with E-state index in [1.807, 2.05) is 42.5 Å². The van der Waals surface area contributed by atoms with Gasteiger partial charge < -0.3 is 18.6 Å². The van der Waals surface area contributed by atoms with Crippen molar-refractivity contribution in [3.8, 4) is 33.7 Å². The third-order valence-electron chi connectivity index (χ3n) is 11.1. The van der Waals surface area contributed by atoms with Crippen molar-refractivity contribution in [3.63, 3.8) is 0 Å². The molecule has 0 radical (unpaired) electrons. The van der Waals surface area contributed by atoms with E-state index in [1.54, 1.807) is 0 Å². The average Bonchev–Trinajstić information content (AvgIpc) is 3.93. The van der Waals surface area contributed by atoms with Crippen LogP contribution in [0.3, 0.4) is 0 Å². The lowest BCUT2D eigenvalue weighted by molar-refractivity contribution is 0.620. The quantitative estimate of drug-likeness (QED) is 0.146. The maximum Gasteiger partial charge on any atom is 0.227 e. The third kappa shape index (κ3) is 6.26. The van der Waals surface area contributed by atoms with Gasteiger partial charge in [0.2, 0.25) is 5.89 Å². The Morgan fingerprint density at radius 1 is 0.333 bits per heavy atom. The molecule has 284 valence electrons. The lowest BCUT2D eigenvalue weighted by Crippen LogP contribution is -2.15. The lowest BCUT2D eigenvalue weighted by atomic mass is 10.0. The number of rotatable bonds is 9. The van der Waals surface area contributed by atoms with E-state index in [2.05, 4.69) is 192 Å². The van der Waals surface area contributed by atoms with Crippen LogP contribution in [0.2, 0.25) is 0 Å². The Bertz CT molecular complexity index is 3270. The van der Waals surface area contributed by atoms with Crippen molar-refractivity contribution in [1.29, 1.82) is 0 Å². The van der Waals surface area contributed by atoms with Crippen molar-refractivity contribution < 1.29 is 8.83 Å². The molecule has 9 aromatic carbocycles. The molecule has 5 heteroatoms. The SMILES string of the molecule is c1ccc(-c2nc3cc(N(c4ccc5oc6ccccc6c5c4)c4ccccc4-c4ccccc4)cc(N(c4ccccc4)c4ccccc4-c4ccccc4)c3o2)cc1. The molecule has 11 aromatic rings. The van der Waals surface area contributed by atoms with Crippen LogP contribution in [-0.2, 0) is 0 Å². The van der Waals surface area contributed by atoms with Crippen LogP contribution in [0.4, 0.5) is 34.1 Å². The molecule has 5 nitrogen and oxygen atoms in total. The lowest BCUT2D eigenvalue weighted by Gasteiger charge is -2.31. The molecular weight excluding hydrogens is 735 g/mol. The predicted octanol–water partition coefficient (Wildman–Crippen LogP) is 15.7. The van der Waals surface area contributed by atoms with E-state index >= 15 is 0 Å². The van der Waals surface area contributed by atoms with Crippen molar-refractivity contribution in [2.45, 2.75) is 0 Å². The second-order valence-electron chi connectivity index (χ2n) is 14.7. The molecule has 0 saturated heterocycles. The number of para-hydroxylation sites is 4. The van der Waals surface area contributed by atoms with Gasteiger partial charge in [-0.25, -0.2) is 4.98 Å². The minimum Gasteiger partial charge on any atom is -0.456 e. The number of anilines is 6. The Balaban J connectivity index is 1.23. The second kappa shape index (κ2) is 15.0. The summed E-state index contributed by atoms with van der Waals surface area (Å²) in [4.78, 5) is 9.90. The molecule has 0 aliphatic heterocycles. The van der Waals surface area contributed by atoms with E-state index in [1.165, 1.54) is 0 Å². The molecule has 0 saturated carbocycles. The van der Waals surface area contributed by atoms with Gasteiger partial charge in [0, 0.05) is 38.8 Å². The fraction of sp³-hybridized carbons (Fsp3) is 0. The molecule has 0 aliphatic carbocycles. The van der Waals surface area contributed by atoms with Gasteiger partial charge in [0.1, 0.15) is 16.7 Å². The van der Waals surface area contributed by atoms with Gasteiger partial charge in [-0.05, 0) is 83.9 Å². The Kier molecular flexibility index (Phi) is 8.75. The second-order valence-corrected chi connectivity index (χ2v) is 14.7. The van der Waals surface area contributed by atoms with Gasteiger partial charge in [0.05, 0.1) is 22.7 Å². The molecule has 0 amide bonds. The molecular formula is C55H37N3O2. The highest BCUT2D eigenvalue weighted by molar-refractivity contribution is 6.07. The first-order valence-electron chi connectivity index (χ1n) is 20.1. The monoisotopic (exact) mass is 771 g/mol. The third-order valence-corrected chi connectivity index (χ3v) is 11.1. The number of fused-ring (bicyclic) bond motifs is 4. The fourth-order valence-electron chi connectivity index (χ4n) is 8.33. The first-order chi connectivity index (χ1) is 29.8. The number of hydrogen-bond donors (Lipinski definition) is 0. The Morgan fingerprint density at radius 2 is 0.867 bits per heavy atom. The normalized spacial score (nSPS) is 11.3. The van der Waals surface area contributed by atoms with Crippen LogP contribution in [0.15, 0.2) is 233 Å². The summed E-state index contributed by atoms with van der Waals surface area (Å²) >= 11 is 0. The fourth-order valence-corrected chi connectivity index (χ4v) is 8.33. The summed E-state index contributed by atoms with van der Waals surface area (Å²) in [6, 6.07) is 78.0. The van der Waals surface area contributed by atoms with Gasteiger partial charge >= 0.3 is 0 Å². The summed E-state index contributed by atoms with van der Waals surface area (Å²) in [5.41, 5.74) is 14.2. The molecule has 0 spiro atoms. The van der Waals surface area contributed by atoms with Crippen LogP contribution in [-0.4, -0.2) is 4.98 Å². The van der Waals surface area contributed by atoms with Crippen LogP contribution in [0.25, 0.3) is 66.7 Å². The molecule has 2 heterocycles. The van der Waals surface area contributed by atoms with Crippen molar-refractivity contribution >= 4 is 67.2 Å². The summed E-state index contributed by atoms with van der Waals surface area (Å²) in [5, 5.41) is 2.11. The summed E-state index contributed by atoms with van der Waals surface area (Å²) in [5.74, 6) is 0.552. The molecule has 0 atom stereocenters. The Labute approximate surface area is 347 Å². The number of oxazole rings is 1. The number of hydrogen-bond acceptors (Lipinski definition) is 5. The van der Waals surface area contributed by atoms with E-state index in [-0.39, 0.29) is 0 Å². The molecule has 60 heavy (non-hydrogen) atoms. The van der Waals surface area contributed by atoms with Crippen LogP contribution in [0.1, 0.15) is 0 Å². The van der Waals surface area contributed by atoms with E-state index < -0.39 is 0 Å². The van der Waals surface area contributed by atoms with Gasteiger partial charge in [-0.1, -0.05) is 152 Å². The summed E-state index contributed by atoms with van der Waals surface area (Å²) in [6.45, 7) is 0. The maximum atomic E-state index is 6.91. The predicted molar refractivity (Wildman–Crippen MR) is 247 cm³/mol. The average molecular weight is 772 g/mol. The first kappa shape index (κ1) is 35.0. The Morgan fingerprint density at radius 3 is 1.53 bits per heavy atom. The van der Waals surface area contributed by atoms with E-state index in [0.717, 1.165) is 89.4 Å². The summed E-state index contributed by atoms with van der Waals surface area (Å²) in [6.07, 6.45) is 0. The zero-order chi connectivity index (χ0) is 39.8. The Hall–Kier alpha value is -8.15. The van der Waals surface area contributed by atoms with E-state index in [4.69, 9.17) is 13.8 Å². The van der Waals surface area contributed by atoms with Gasteiger partial charge in [-0.2, -0.15) is 0 Å². The van der Waals surface area contributed by atoms with Crippen LogP contribution >= 0.6 is 0 Å². The van der Waals surface area contributed by atoms with Gasteiger partial charge in [0.25, 0.3) is 0 Å². The van der Waals surface area contributed by atoms with Gasteiger partial charge in [0.15, 0.2) is 5.58 Å². The minimum absolute atomic E-state index is 0.552. The van der Waals surface area contributed by atoms with Crippen LogP contribution in [0.5, 0.6) is 0 Å². The molecule has 11 rings (SSSR count). The topological polar surface area (TPSA) is 45.7 Å². The number of furan rings is 1. The zero-order valence-corrected chi connectivity index (χ0v) is 32.5. The molecule has 0 bridgehead atoms. The first-order valence-corrected chi connectivity index (χ1v) is 20.1. The number of aromatic nitrogens is 1. The van der Waals surface area contributed by atoms with Crippen molar-refractivity contribution in [2.75, 3.05) is 9.80 Å². The maximum absolute atomic E-state index is 6.91. The zero-order valence-electron chi connectivity index (χ0n) is 32.5. The molecule has 0 fully saturated rings. The van der Waals surface area contributed by atoms with Crippen LogP contribution < -0.4 is 9.80 Å². The number of nitrogens with zero attached hydrogens (tertiary/aromatic N) is 3. The molecule has 2 aromatic heterocycles. The molecule has 0 aliphatic rings. The minimum atomic E-state index is 0.552.